The van der Waals surface area contributed by atoms with Gasteiger partial charge < -0.3 is 4.84 Å². The number of rotatable bonds is 4. The predicted molar refractivity (Wildman–Crippen MR) is 103 cm³/mol. The molecule has 9 heteroatoms. The molecule has 3 aromatic rings. The molecule has 1 fully saturated rings. The van der Waals surface area contributed by atoms with Crippen molar-refractivity contribution in [2.24, 2.45) is 0 Å². The lowest BCUT2D eigenvalue weighted by Gasteiger charge is -2.13. The van der Waals surface area contributed by atoms with Gasteiger partial charge in [-0.25, -0.2) is 0 Å². The summed E-state index contributed by atoms with van der Waals surface area (Å²) in [6.45, 7) is -0.114. The number of fused-ring (bicyclic) bond motifs is 1. The molecule has 1 N–H and O–H groups in total. The Balaban J connectivity index is 1.67. The molecule has 0 bridgehead atoms. The molecule has 1 saturated heterocycles. The maximum atomic E-state index is 12.9. The molecule has 1 aliphatic heterocycles. The van der Waals surface area contributed by atoms with Crippen LogP contribution in [0.25, 0.3) is 17.0 Å². The standard InChI is InChI=1S/C20H13F3N2O3S/c21-20(22,23)14-6-3-4-12(8-14)11-28-25-15(9-13-5-1-2-7-16(13)25)10-17-18(26)24-19(27)29-17/h1-10H,11H2,(H,24,26,27)/b17-10-. The molecule has 2 aromatic carbocycles. The Kier molecular flexibility index (Phi) is 4.83. The molecule has 0 atom stereocenters. The number of amides is 2. The van der Waals surface area contributed by atoms with Gasteiger partial charge in [0.1, 0.15) is 6.61 Å². The van der Waals surface area contributed by atoms with Crippen molar-refractivity contribution in [3.05, 3.63) is 76.3 Å². The van der Waals surface area contributed by atoms with Crippen LogP contribution in [0.4, 0.5) is 18.0 Å². The number of thioether (sulfide) groups is 1. The minimum atomic E-state index is -4.44. The van der Waals surface area contributed by atoms with E-state index < -0.39 is 22.9 Å². The Morgan fingerprint density at radius 2 is 1.86 bits per heavy atom. The Morgan fingerprint density at radius 1 is 1.07 bits per heavy atom. The van der Waals surface area contributed by atoms with Gasteiger partial charge in [0, 0.05) is 5.39 Å². The SMILES string of the molecule is O=C1NC(=O)/C(=C/c2cc3ccccc3n2OCc2cccc(C(F)(F)F)c2)S1. The number of hydrogen-bond acceptors (Lipinski definition) is 4. The third-order valence-corrected chi connectivity index (χ3v) is 5.04. The number of para-hydroxylation sites is 1. The molecular formula is C20H13F3N2O3S. The van der Waals surface area contributed by atoms with Crippen molar-refractivity contribution in [3.8, 4) is 0 Å². The molecule has 0 saturated carbocycles. The second-order valence-electron chi connectivity index (χ2n) is 6.25. The molecular weight excluding hydrogens is 405 g/mol. The zero-order valence-corrected chi connectivity index (χ0v) is 15.5. The fourth-order valence-electron chi connectivity index (χ4n) is 2.93. The lowest BCUT2D eigenvalue weighted by Crippen LogP contribution is -2.18. The topological polar surface area (TPSA) is 60.3 Å². The van der Waals surface area contributed by atoms with Crippen LogP contribution in [0.1, 0.15) is 16.8 Å². The summed E-state index contributed by atoms with van der Waals surface area (Å²) in [4.78, 5) is 29.2. The molecule has 0 aliphatic carbocycles. The Hall–Kier alpha value is -3.20. The van der Waals surface area contributed by atoms with E-state index in [0.717, 1.165) is 29.3 Å². The molecule has 2 amide bonds. The molecule has 148 valence electrons. The Morgan fingerprint density at radius 3 is 2.59 bits per heavy atom. The van der Waals surface area contributed by atoms with Crippen LogP contribution in [-0.4, -0.2) is 15.9 Å². The highest BCUT2D eigenvalue weighted by molar-refractivity contribution is 8.18. The smallest absolute Gasteiger partial charge is 0.408 e. The maximum absolute atomic E-state index is 12.9. The average Bonchev–Trinajstić information content (AvgIpc) is 3.18. The summed E-state index contributed by atoms with van der Waals surface area (Å²) in [6, 6.07) is 13.9. The second kappa shape index (κ2) is 7.32. The van der Waals surface area contributed by atoms with Crippen LogP contribution >= 0.6 is 11.8 Å². The van der Waals surface area contributed by atoms with Crippen molar-refractivity contribution in [1.82, 2.24) is 10.0 Å². The quantitative estimate of drug-likeness (QED) is 0.629. The molecule has 0 radical (unpaired) electrons. The van der Waals surface area contributed by atoms with Crippen molar-refractivity contribution >= 4 is 39.9 Å². The average molecular weight is 418 g/mol. The summed E-state index contributed by atoms with van der Waals surface area (Å²) in [5.74, 6) is -0.505. The molecule has 0 unspecified atom stereocenters. The normalized spacial score (nSPS) is 15.9. The van der Waals surface area contributed by atoms with Crippen LogP contribution in [0.3, 0.4) is 0 Å². The maximum Gasteiger partial charge on any atom is 0.416 e. The fraction of sp³-hybridized carbons (Fsp3) is 0.100. The minimum absolute atomic E-state index is 0.114. The molecule has 1 aromatic heterocycles. The third-order valence-electron chi connectivity index (χ3n) is 4.23. The summed E-state index contributed by atoms with van der Waals surface area (Å²) >= 11 is 0.774. The molecule has 1 aliphatic rings. The van der Waals surface area contributed by atoms with Gasteiger partial charge in [-0.3, -0.25) is 14.9 Å². The zero-order chi connectivity index (χ0) is 20.6. The van der Waals surface area contributed by atoms with Gasteiger partial charge in [-0.1, -0.05) is 30.3 Å². The van der Waals surface area contributed by atoms with Gasteiger partial charge in [0.15, 0.2) is 0 Å². The number of hydrogen-bond donors (Lipinski definition) is 1. The number of carbonyl (C=O) groups is 2. The molecule has 0 spiro atoms. The summed E-state index contributed by atoms with van der Waals surface area (Å²) in [5.41, 5.74) is 0.766. The van der Waals surface area contributed by atoms with Gasteiger partial charge in [0.25, 0.3) is 11.1 Å². The molecule has 4 rings (SSSR count). The van der Waals surface area contributed by atoms with Crippen LogP contribution in [0, 0.1) is 0 Å². The van der Waals surface area contributed by atoms with Crippen molar-refractivity contribution in [3.63, 3.8) is 0 Å². The number of carbonyl (C=O) groups excluding carboxylic acids is 2. The van der Waals surface area contributed by atoms with Crippen LogP contribution in [0.2, 0.25) is 0 Å². The Bertz CT molecular complexity index is 1150. The first-order valence-electron chi connectivity index (χ1n) is 8.46. The molecule has 2 heterocycles. The van der Waals surface area contributed by atoms with Crippen molar-refractivity contribution in [2.75, 3.05) is 0 Å². The zero-order valence-electron chi connectivity index (χ0n) is 14.7. The summed E-state index contributed by atoms with van der Waals surface area (Å²) < 4.78 is 40.2. The van der Waals surface area contributed by atoms with E-state index in [1.165, 1.54) is 22.9 Å². The first-order chi connectivity index (χ1) is 13.8. The van der Waals surface area contributed by atoms with Gasteiger partial charge in [-0.2, -0.15) is 17.9 Å². The van der Waals surface area contributed by atoms with Gasteiger partial charge in [-0.05, 0) is 47.7 Å². The second-order valence-corrected chi connectivity index (χ2v) is 7.26. The summed E-state index contributed by atoms with van der Waals surface area (Å²) in [6.07, 6.45) is -2.93. The first kappa shape index (κ1) is 19.1. The number of nitrogens with zero attached hydrogens (tertiary/aromatic N) is 1. The van der Waals surface area contributed by atoms with Crippen LogP contribution in [0.5, 0.6) is 0 Å². The summed E-state index contributed by atoms with van der Waals surface area (Å²) in [7, 11) is 0. The fourth-order valence-corrected chi connectivity index (χ4v) is 3.59. The van der Waals surface area contributed by atoms with E-state index in [-0.39, 0.29) is 11.5 Å². The highest BCUT2D eigenvalue weighted by atomic mass is 32.2. The van der Waals surface area contributed by atoms with E-state index in [0.29, 0.717) is 16.8 Å². The number of alkyl halides is 3. The number of halogens is 3. The third kappa shape index (κ3) is 4.00. The molecule has 29 heavy (non-hydrogen) atoms. The van der Waals surface area contributed by atoms with Crippen LogP contribution < -0.4 is 10.2 Å². The van der Waals surface area contributed by atoms with Gasteiger partial charge >= 0.3 is 6.18 Å². The number of aromatic nitrogens is 1. The highest BCUT2D eigenvalue weighted by Crippen LogP contribution is 2.30. The van der Waals surface area contributed by atoms with Gasteiger partial charge in [-0.15, -0.1) is 0 Å². The highest BCUT2D eigenvalue weighted by Gasteiger charge is 2.30. The minimum Gasteiger partial charge on any atom is -0.408 e. The Labute approximate surface area is 167 Å². The monoisotopic (exact) mass is 418 g/mol. The van der Waals surface area contributed by atoms with Crippen molar-refractivity contribution in [1.29, 1.82) is 0 Å². The van der Waals surface area contributed by atoms with E-state index >= 15 is 0 Å². The van der Waals surface area contributed by atoms with E-state index in [2.05, 4.69) is 5.32 Å². The van der Waals surface area contributed by atoms with Crippen molar-refractivity contribution < 1.29 is 27.6 Å². The van der Waals surface area contributed by atoms with Crippen LogP contribution in [-0.2, 0) is 17.6 Å². The predicted octanol–water partition coefficient (Wildman–Crippen LogP) is 4.61. The van der Waals surface area contributed by atoms with Crippen molar-refractivity contribution in [2.45, 2.75) is 12.8 Å². The van der Waals surface area contributed by atoms with Gasteiger partial charge in [0.05, 0.1) is 21.7 Å². The molecule has 5 nitrogen and oxygen atoms in total. The number of imide groups is 1. The van der Waals surface area contributed by atoms with Gasteiger partial charge in [0.2, 0.25) is 0 Å². The van der Waals surface area contributed by atoms with E-state index in [1.54, 1.807) is 18.2 Å². The van der Waals surface area contributed by atoms with E-state index in [1.807, 2.05) is 12.1 Å². The number of nitrogens with one attached hydrogen (secondary N) is 1. The lowest BCUT2D eigenvalue weighted by atomic mass is 10.1. The first-order valence-corrected chi connectivity index (χ1v) is 9.28. The van der Waals surface area contributed by atoms with Crippen LogP contribution in [0.15, 0.2) is 59.5 Å². The van der Waals surface area contributed by atoms with E-state index in [9.17, 15) is 22.8 Å². The van der Waals surface area contributed by atoms with E-state index in [4.69, 9.17) is 4.84 Å². The number of benzene rings is 2. The lowest BCUT2D eigenvalue weighted by molar-refractivity contribution is -0.137. The largest absolute Gasteiger partial charge is 0.416 e. The summed E-state index contributed by atoms with van der Waals surface area (Å²) in [5, 5.41) is 2.53.